The molecule has 0 aliphatic carbocycles. The fraction of sp³-hybridized carbons (Fsp3) is 0.900. The molecule has 2 atom stereocenters. The summed E-state index contributed by atoms with van der Waals surface area (Å²) in [7, 11) is 1.22. The van der Waals surface area contributed by atoms with Crippen LogP contribution in [-0.4, -0.2) is 69.2 Å². The van der Waals surface area contributed by atoms with Crippen molar-refractivity contribution in [3.63, 3.8) is 0 Å². The molecule has 0 amide bonds. The first-order chi connectivity index (χ1) is 8.56. The third-order valence-corrected chi connectivity index (χ3v) is 2.93. The summed E-state index contributed by atoms with van der Waals surface area (Å²) in [5.41, 5.74) is 0. The number of hydrogen-bond donors (Lipinski definition) is 1. The molecule has 0 rings (SSSR count). The van der Waals surface area contributed by atoms with Gasteiger partial charge in [0.25, 0.3) is 7.82 Å². The van der Waals surface area contributed by atoms with Gasteiger partial charge in [-0.05, 0) is 0 Å². The average molecular weight is 299 g/mol. The number of esters is 1. The van der Waals surface area contributed by atoms with E-state index in [9.17, 15) is 14.3 Å². The third-order valence-electron chi connectivity index (χ3n) is 1.97. The number of carbonyl (C=O) groups is 1. The molecule has 0 bridgehead atoms. The first kappa shape index (κ1) is 18.5. The summed E-state index contributed by atoms with van der Waals surface area (Å²) in [4.78, 5) is 22.0. The van der Waals surface area contributed by atoms with Crippen LogP contribution in [0.4, 0.5) is 0 Å². The van der Waals surface area contributed by atoms with Gasteiger partial charge in [-0.15, -0.1) is 0 Å². The van der Waals surface area contributed by atoms with Crippen LogP contribution < -0.4 is 4.89 Å². The molecule has 0 radical (unpaired) electrons. The molecule has 0 heterocycles. The lowest BCUT2D eigenvalue weighted by atomic mass is 10.4. The zero-order valence-electron chi connectivity index (χ0n) is 11.7. The van der Waals surface area contributed by atoms with E-state index in [0.29, 0.717) is 11.0 Å². The lowest BCUT2D eigenvalue weighted by Gasteiger charge is -2.28. The molecule has 0 fully saturated rings. The van der Waals surface area contributed by atoms with Crippen molar-refractivity contribution >= 4 is 13.8 Å². The first-order valence-electron chi connectivity index (χ1n) is 5.74. The van der Waals surface area contributed by atoms with Gasteiger partial charge in [-0.2, -0.15) is 0 Å². The quantitative estimate of drug-likeness (QED) is 0.335. The van der Waals surface area contributed by atoms with Crippen molar-refractivity contribution in [2.24, 2.45) is 0 Å². The van der Waals surface area contributed by atoms with Gasteiger partial charge >= 0.3 is 5.97 Å². The molecule has 0 aromatic heterocycles. The van der Waals surface area contributed by atoms with Crippen molar-refractivity contribution in [1.82, 2.24) is 0 Å². The maximum atomic E-state index is 11.4. The number of phosphoric acid groups is 1. The Labute approximate surface area is 113 Å². The van der Waals surface area contributed by atoms with Gasteiger partial charge in [0.05, 0.1) is 34.4 Å². The van der Waals surface area contributed by atoms with Crippen LogP contribution in [0.5, 0.6) is 0 Å². The number of carbonyl (C=O) groups excluding carboxylic acids is 1. The Balaban J connectivity index is 4.07. The van der Waals surface area contributed by atoms with Crippen LogP contribution in [-0.2, 0) is 23.1 Å². The molecule has 114 valence electrons. The van der Waals surface area contributed by atoms with Crippen LogP contribution in [0.3, 0.4) is 0 Å². The van der Waals surface area contributed by atoms with Gasteiger partial charge in [0.1, 0.15) is 19.3 Å². The largest absolute Gasteiger partial charge is 0.756 e. The molecular weight excluding hydrogens is 277 g/mol. The molecule has 0 aromatic rings. The molecule has 0 saturated heterocycles. The fourth-order valence-corrected chi connectivity index (χ4v) is 1.73. The minimum absolute atomic E-state index is 0.0123. The highest BCUT2D eigenvalue weighted by molar-refractivity contribution is 7.45. The number of phosphoric ester groups is 1. The van der Waals surface area contributed by atoms with Gasteiger partial charge in [0.15, 0.2) is 0 Å². The van der Waals surface area contributed by atoms with Gasteiger partial charge in [-0.25, -0.2) is 0 Å². The lowest BCUT2D eigenvalue weighted by molar-refractivity contribution is -0.870. The molecule has 2 unspecified atom stereocenters. The van der Waals surface area contributed by atoms with Crippen LogP contribution in [0.2, 0.25) is 0 Å². The highest BCUT2D eigenvalue weighted by Crippen LogP contribution is 2.38. The predicted molar refractivity (Wildman–Crippen MR) is 65.0 cm³/mol. The molecule has 19 heavy (non-hydrogen) atoms. The minimum Gasteiger partial charge on any atom is -0.756 e. The van der Waals surface area contributed by atoms with Crippen molar-refractivity contribution in [2.75, 3.05) is 47.5 Å². The van der Waals surface area contributed by atoms with E-state index < -0.39 is 33.1 Å². The van der Waals surface area contributed by atoms with Gasteiger partial charge in [0.2, 0.25) is 0 Å². The van der Waals surface area contributed by atoms with Crippen LogP contribution in [0, 0.1) is 0 Å². The number of quaternary nitrogens is 1. The van der Waals surface area contributed by atoms with Crippen LogP contribution in [0.15, 0.2) is 0 Å². The fourth-order valence-electron chi connectivity index (χ4n) is 0.997. The summed E-state index contributed by atoms with van der Waals surface area (Å²) < 4.78 is 25.7. The van der Waals surface area contributed by atoms with E-state index in [0.717, 1.165) is 6.92 Å². The molecule has 9 heteroatoms. The maximum absolute atomic E-state index is 11.4. The zero-order valence-corrected chi connectivity index (χ0v) is 12.6. The second-order valence-corrected chi connectivity index (χ2v) is 6.41. The highest BCUT2D eigenvalue weighted by atomic mass is 31.2. The normalized spacial score (nSPS) is 16.7. The SMILES string of the molecule is CC(=O)OC(CO)COP(=O)([O-])OCC[N+](C)(C)C. The number of aliphatic hydroxyl groups is 1. The molecule has 1 N–H and O–H groups in total. The van der Waals surface area contributed by atoms with Crippen molar-refractivity contribution < 1.29 is 37.6 Å². The van der Waals surface area contributed by atoms with Gasteiger partial charge in [0, 0.05) is 6.92 Å². The standard InChI is InChI=1S/C10H22NO7P/c1-9(13)18-10(7-12)8-17-19(14,15)16-6-5-11(2,3)4/h10,12H,5-8H2,1-4H3. The topological polar surface area (TPSA) is 105 Å². The van der Waals surface area contributed by atoms with Crippen molar-refractivity contribution in [2.45, 2.75) is 13.0 Å². The smallest absolute Gasteiger partial charge is 0.303 e. The van der Waals surface area contributed by atoms with Gasteiger partial charge in [-0.3, -0.25) is 9.36 Å². The second-order valence-electron chi connectivity index (χ2n) is 5.00. The average Bonchev–Trinajstić information content (AvgIpc) is 2.21. The summed E-state index contributed by atoms with van der Waals surface area (Å²) in [6.45, 7) is 0.626. The predicted octanol–water partition coefficient (Wildman–Crippen LogP) is -0.882. The maximum Gasteiger partial charge on any atom is 0.303 e. The van der Waals surface area contributed by atoms with E-state index >= 15 is 0 Å². The van der Waals surface area contributed by atoms with Crippen molar-refractivity contribution in [3.05, 3.63) is 0 Å². The highest BCUT2D eigenvalue weighted by Gasteiger charge is 2.17. The Morgan fingerprint density at radius 3 is 2.37 bits per heavy atom. The van der Waals surface area contributed by atoms with E-state index in [1.165, 1.54) is 0 Å². The first-order valence-corrected chi connectivity index (χ1v) is 7.20. The molecule has 0 aliphatic rings. The third kappa shape index (κ3) is 11.1. The van der Waals surface area contributed by atoms with Gasteiger partial charge < -0.3 is 28.3 Å². The number of rotatable bonds is 9. The summed E-state index contributed by atoms with van der Waals surface area (Å²) in [6.07, 6.45) is -1.03. The van der Waals surface area contributed by atoms with E-state index in [1.807, 2.05) is 21.1 Å². The van der Waals surface area contributed by atoms with Crippen LogP contribution in [0.1, 0.15) is 6.92 Å². The number of aliphatic hydroxyl groups excluding tert-OH is 1. The van der Waals surface area contributed by atoms with Crippen LogP contribution >= 0.6 is 7.82 Å². The van der Waals surface area contributed by atoms with Crippen molar-refractivity contribution in [3.8, 4) is 0 Å². The summed E-state index contributed by atoms with van der Waals surface area (Å²) in [5, 5.41) is 8.86. The Morgan fingerprint density at radius 2 is 1.95 bits per heavy atom. The summed E-state index contributed by atoms with van der Waals surface area (Å²) >= 11 is 0. The number of hydrogen-bond acceptors (Lipinski definition) is 7. The zero-order chi connectivity index (χ0) is 15.1. The molecule has 8 nitrogen and oxygen atoms in total. The second kappa shape index (κ2) is 7.94. The Morgan fingerprint density at radius 1 is 1.37 bits per heavy atom. The van der Waals surface area contributed by atoms with Crippen LogP contribution in [0.25, 0.3) is 0 Å². The van der Waals surface area contributed by atoms with E-state index in [4.69, 9.17) is 5.11 Å². The molecular formula is C10H22NO7P. The molecule has 0 spiro atoms. The summed E-state index contributed by atoms with van der Waals surface area (Å²) in [5.74, 6) is -0.630. The van der Waals surface area contributed by atoms with E-state index in [2.05, 4.69) is 13.8 Å². The Kier molecular flexibility index (Phi) is 7.73. The Bertz CT molecular complexity index is 328. The monoisotopic (exact) mass is 299 g/mol. The number of ether oxygens (including phenoxy) is 1. The number of likely N-dealkylation sites (N-methyl/N-ethyl adjacent to an activating group) is 1. The molecule has 0 aliphatic heterocycles. The van der Waals surface area contributed by atoms with Gasteiger partial charge in [-0.1, -0.05) is 0 Å². The van der Waals surface area contributed by atoms with Crippen molar-refractivity contribution in [1.29, 1.82) is 0 Å². The van der Waals surface area contributed by atoms with E-state index in [1.54, 1.807) is 0 Å². The molecule has 0 aromatic carbocycles. The lowest BCUT2D eigenvalue weighted by Crippen LogP contribution is -2.37. The number of nitrogens with zero attached hydrogens (tertiary/aromatic N) is 1. The Hall–Kier alpha value is -0.500. The van der Waals surface area contributed by atoms with E-state index in [-0.39, 0.29) is 6.61 Å². The summed E-state index contributed by atoms with van der Waals surface area (Å²) in [6, 6.07) is 0. The minimum atomic E-state index is -4.45. The molecule has 0 saturated carbocycles.